The average Bonchev–Trinajstić information content (AvgIpc) is 3.12. The molecule has 0 bridgehead atoms. The molecule has 0 radical (unpaired) electrons. The van der Waals surface area contributed by atoms with Crippen LogP contribution in [0.2, 0.25) is 0 Å². The third-order valence-corrected chi connectivity index (χ3v) is 5.98. The first-order valence-electron chi connectivity index (χ1n) is 9.17. The van der Waals surface area contributed by atoms with E-state index in [1.54, 1.807) is 11.8 Å². The topological polar surface area (TPSA) is 75.7 Å². The number of nitrogens with zero attached hydrogens (tertiary/aromatic N) is 4. The number of carbonyl (C=O) groups is 1. The summed E-state index contributed by atoms with van der Waals surface area (Å²) in [5.41, 5.74) is 2.84. The van der Waals surface area contributed by atoms with E-state index in [-0.39, 0.29) is 12.4 Å². The summed E-state index contributed by atoms with van der Waals surface area (Å²) in [7, 11) is 3.63. The molecule has 1 aromatic heterocycles. The number of hydrogen-bond donors (Lipinski definition) is 2. The number of piperazine rings is 1. The Morgan fingerprint density at radius 3 is 2.41 bits per heavy atom. The van der Waals surface area contributed by atoms with Gasteiger partial charge in [-0.3, -0.25) is 4.90 Å². The maximum atomic E-state index is 11.1. The molecule has 0 unspecified atom stereocenters. The molecule has 29 heavy (non-hydrogen) atoms. The lowest BCUT2D eigenvalue weighted by molar-refractivity contribution is 0.203. The summed E-state index contributed by atoms with van der Waals surface area (Å²) >= 11 is 1.68. The highest BCUT2D eigenvalue weighted by Crippen LogP contribution is 2.31. The van der Waals surface area contributed by atoms with Crippen molar-refractivity contribution >= 4 is 52.9 Å². The maximum Gasteiger partial charge on any atom is 0.413 e. The van der Waals surface area contributed by atoms with E-state index in [1.165, 1.54) is 17.6 Å². The van der Waals surface area contributed by atoms with Gasteiger partial charge in [-0.1, -0.05) is 11.8 Å². The zero-order chi connectivity index (χ0) is 19.7. The van der Waals surface area contributed by atoms with Gasteiger partial charge < -0.3 is 19.9 Å². The molecule has 1 fully saturated rings. The Balaban J connectivity index is 0.00000240. The summed E-state index contributed by atoms with van der Waals surface area (Å²) < 4.78 is 0. The van der Waals surface area contributed by atoms with Crippen LogP contribution in [0.4, 0.5) is 16.4 Å². The number of aromatic nitrogens is 2. The van der Waals surface area contributed by atoms with Crippen LogP contribution in [0.25, 0.3) is 11.0 Å². The predicted octanol–water partition coefficient (Wildman–Crippen LogP) is 4.00. The van der Waals surface area contributed by atoms with Crippen molar-refractivity contribution in [3.05, 3.63) is 42.5 Å². The number of rotatable bonds is 4. The minimum atomic E-state index is -1.05. The molecule has 0 saturated carbocycles. The van der Waals surface area contributed by atoms with E-state index in [1.807, 2.05) is 18.2 Å². The molecule has 0 spiro atoms. The van der Waals surface area contributed by atoms with Crippen LogP contribution in [0.1, 0.15) is 0 Å². The first-order chi connectivity index (χ1) is 13.5. The first kappa shape index (κ1) is 21.3. The standard InChI is InChI=1S/C20H23N5O2S.ClH/c1-23-9-11-25(12-10-23)14-3-5-15(6-4-14)28-16-7-8-17-18(13-16)22-19(21-17)24(2)20(26)27;/h3-8,13H,9-12H2,1-2H3,(H,21,22)(H,26,27);1H. The van der Waals surface area contributed by atoms with Crippen molar-refractivity contribution in [1.82, 2.24) is 14.9 Å². The Morgan fingerprint density at radius 2 is 1.76 bits per heavy atom. The molecular weight excluding hydrogens is 410 g/mol. The number of aromatic amines is 1. The number of likely N-dealkylation sites (N-methyl/N-ethyl adjacent to an activating group) is 1. The Kier molecular flexibility index (Phi) is 6.56. The van der Waals surface area contributed by atoms with Gasteiger partial charge in [0.25, 0.3) is 0 Å². The molecule has 7 nitrogen and oxygen atoms in total. The molecule has 1 aliphatic heterocycles. The molecule has 3 aromatic rings. The summed E-state index contributed by atoms with van der Waals surface area (Å²) in [5.74, 6) is 0.321. The molecule has 2 aromatic carbocycles. The number of nitrogens with one attached hydrogen (secondary N) is 1. The molecule has 9 heteroatoms. The quantitative estimate of drug-likeness (QED) is 0.647. The van der Waals surface area contributed by atoms with Crippen LogP contribution in [-0.2, 0) is 0 Å². The minimum absolute atomic E-state index is 0. The second-order valence-electron chi connectivity index (χ2n) is 6.97. The fraction of sp³-hybridized carbons (Fsp3) is 0.300. The van der Waals surface area contributed by atoms with E-state index in [2.05, 4.69) is 51.1 Å². The van der Waals surface area contributed by atoms with Crippen molar-refractivity contribution in [3.8, 4) is 0 Å². The van der Waals surface area contributed by atoms with Gasteiger partial charge in [0.1, 0.15) is 0 Å². The van der Waals surface area contributed by atoms with E-state index >= 15 is 0 Å². The average molecular weight is 434 g/mol. The van der Waals surface area contributed by atoms with Crippen LogP contribution in [-0.4, -0.2) is 66.3 Å². The fourth-order valence-electron chi connectivity index (χ4n) is 3.21. The van der Waals surface area contributed by atoms with Gasteiger partial charge in [0.15, 0.2) is 0 Å². The van der Waals surface area contributed by atoms with E-state index in [0.717, 1.165) is 47.0 Å². The molecule has 1 amide bonds. The zero-order valence-electron chi connectivity index (χ0n) is 16.3. The first-order valence-corrected chi connectivity index (χ1v) is 9.99. The van der Waals surface area contributed by atoms with Gasteiger partial charge in [-0.05, 0) is 49.5 Å². The second-order valence-corrected chi connectivity index (χ2v) is 8.11. The van der Waals surface area contributed by atoms with Crippen molar-refractivity contribution in [2.75, 3.05) is 50.1 Å². The lowest BCUT2D eigenvalue weighted by atomic mass is 10.2. The maximum absolute atomic E-state index is 11.1. The van der Waals surface area contributed by atoms with Gasteiger partial charge in [0, 0.05) is 48.7 Å². The smallest absolute Gasteiger partial charge is 0.413 e. The van der Waals surface area contributed by atoms with Crippen LogP contribution in [0.15, 0.2) is 52.3 Å². The summed E-state index contributed by atoms with van der Waals surface area (Å²) in [6, 6.07) is 14.6. The predicted molar refractivity (Wildman–Crippen MR) is 120 cm³/mol. The van der Waals surface area contributed by atoms with Crippen LogP contribution < -0.4 is 9.80 Å². The summed E-state index contributed by atoms with van der Waals surface area (Å²) in [5, 5.41) is 9.10. The third kappa shape index (κ3) is 4.77. The number of benzene rings is 2. The normalized spacial score (nSPS) is 14.6. The van der Waals surface area contributed by atoms with Crippen LogP contribution in [0.3, 0.4) is 0 Å². The van der Waals surface area contributed by atoms with Gasteiger partial charge >= 0.3 is 6.09 Å². The van der Waals surface area contributed by atoms with Crippen LogP contribution in [0.5, 0.6) is 0 Å². The molecule has 1 aliphatic rings. The Labute approximate surface area is 180 Å². The molecule has 2 N–H and O–H groups in total. The largest absolute Gasteiger partial charge is 0.465 e. The number of carboxylic acid groups (broad SMARTS) is 1. The summed E-state index contributed by atoms with van der Waals surface area (Å²) in [6.45, 7) is 4.32. The highest BCUT2D eigenvalue weighted by atomic mass is 35.5. The Morgan fingerprint density at radius 1 is 1.10 bits per heavy atom. The highest BCUT2D eigenvalue weighted by Gasteiger charge is 2.15. The number of amides is 1. The third-order valence-electron chi connectivity index (χ3n) is 4.99. The molecule has 0 atom stereocenters. The molecule has 1 saturated heterocycles. The van der Waals surface area contributed by atoms with Gasteiger partial charge in [0.2, 0.25) is 5.95 Å². The van der Waals surface area contributed by atoms with E-state index < -0.39 is 6.09 Å². The Hall–Kier alpha value is -2.42. The minimum Gasteiger partial charge on any atom is -0.465 e. The molecule has 2 heterocycles. The van der Waals surface area contributed by atoms with Crippen molar-refractivity contribution < 1.29 is 9.90 Å². The summed E-state index contributed by atoms with van der Waals surface area (Å²) in [6.07, 6.45) is -1.05. The van der Waals surface area contributed by atoms with E-state index in [4.69, 9.17) is 5.11 Å². The van der Waals surface area contributed by atoms with Crippen molar-refractivity contribution in [1.29, 1.82) is 0 Å². The SMILES string of the molecule is CN1CCN(c2ccc(Sc3ccc4nc(N(C)C(=O)O)[nH]c4c3)cc2)CC1.Cl. The van der Waals surface area contributed by atoms with Crippen molar-refractivity contribution in [2.24, 2.45) is 0 Å². The van der Waals surface area contributed by atoms with Crippen LogP contribution >= 0.6 is 24.2 Å². The Bertz CT molecular complexity index is 986. The van der Waals surface area contributed by atoms with Gasteiger partial charge in [-0.15, -0.1) is 12.4 Å². The number of imidazole rings is 1. The van der Waals surface area contributed by atoms with Crippen LogP contribution in [0, 0.1) is 0 Å². The van der Waals surface area contributed by atoms with E-state index in [9.17, 15) is 4.79 Å². The number of hydrogen-bond acceptors (Lipinski definition) is 5. The molecule has 0 aliphatic carbocycles. The van der Waals surface area contributed by atoms with Gasteiger partial charge in [0.05, 0.1) is 11.0 Å². The monoisotopic (exact) mass is 433 g/mol. The lowest BCUT2D eigenvalue weighted by Gasteiger charge is -2.34. The number of H-pyrrole nitrogens is 1. The number of fused-ring (bicyclic) bond motifs is 1. The van der Waals surface area contributed by atoms with Crippen molar-refractivity contribution in [2.45, 2.75) is 9.79 Å². The number of halogens is 1. The number of anilines is 2. The lowest BCUT2D eigenvalue weighted by Crippen LogP contribution is -2.44. The van der Waals surface area contributed by atoms with Gasteiger partial charge in [-0.25, -0.2) is 9.78 Å². The van der Waals surface area contributed by atoms with Crippen molar-refractivity contribution in [3.63, 3.8) is 0 Å². The molecular formula is C20H24ClN5O2S. The van der Waals surface area contributed by atoms with Gasteiger partial charge in [-0.2, -0.15) is 0 Å². The molecule has 154 valence electrons. The van der Waals surface area contributed by atoms with E-state index in [0.29, 0.717) is 5.95 Å². The molecule has 4 rings (SSSR count). The zero-order valence-corrected chi connectivity index (χ0v) is 18.0. The second kappa shape index (κ2) is 8.94. The summed E-state index contributed by atoms with van der Waals surface area (Å²) in [4.78, 5) is 26.6. The fourth-order valence-corrected chi connectivity index (χ4v) is 4.07. The highest BCUT2D eigenvalue weighted by molar-refractivity contribution is 7.99.